The molecule has 0 saturated carbocycles. The Morgan fingerprint density at radius 3 is 2.29 bits per heavy atom. The van der Waals surface area contributed by atoms with Gasteiger partial charge >= 0.3 is 0 Å². The minimum atomic E-state index is -0.557. The fraction of sp³-hybridized carbons (Fsp3) is 0.150. The smallest absolute Gasteiger partial charge is 0.267 e. The molecule has 0 aliphatic carbocycles. The van der Waals surface area contributed by atoms with Gasteiger partial charge in [0.05, 0.1) is 22.8 Å². The molecule has 28 heavy (non-hydrogen) atoms. The van der Waals surface area contributed by atoms with Gasteiger partial charge in [0, 0.05) is 0 Å². The van der Waals surface area contributed by atoms with Gasteiger partial charge in [-0.3, -0.25) is 20.4 Å². The molecule has 3 rings (SSSR count). The zero-order valence-electron chi connectivity index (χ0n) is 15.3. The van der Waals surface area contributed by atoms with Gasteiger partial charge in [0.25, 0.3) is 11.8 Å². The van der Waals surface area contributed by atoms with E-state index in [0.717, 1.165) is 11.1 Å². The van der Waals surface area contributed by atoms with Crippen LogP contribution in [-0.2, 0) is 6.54 Å². The molecule has 0 fully saturated rings. The number of benzene rings is 2. The third-order valence-electron chi connectivity index (χ3n) is 4.15. The maximum Gasteiger partial charge on any atom is 0.274 e. The second-order valence-electron chi connectivity index (χ2n) is 6.28. The SMILES string of the molecule is Cc1ccc(Cn2nc(C)c(C(=O)NNC(=O)c3ccccc3Cl)c2Cl)cc1. The highest BCUT2D eigenvalue weighted by molar-refractivity contribution is 6.34. The summed E-state index contributed by atoms with van der Waals surface area (Å²) in [7, 11) is 0. The van der Waals surface area contributed by atoms with E-state index < -0.39 is 11.8 Å². The first-order valence-corrected chi connectivity index (χ1v) is 9.26. The second kappa shape index (κ2) is 8.46. The molecule has 3 aromatic rings. The Balaban J connectivity index is 1.72. The minimum absolute atomic E-state index is 0.197. The van der Waals surface area contributed by atoms with Crippen LogP contribution in [0.25, 0.3) is 0 Å². The van der Waals surface area contributed by atoms with Crippen molar-refractivity contribution in [3.05, 3.63) is 86.7 Å². The van der Waals surface area contributed by atoms with E-state index in [4.69, 9.17) is 23.2 Å². The number of hydrogen-bond donors (Lipinski definition) is 2. The van der Waals surface area contributed by atoms with E-state index in [0.29, 0.717) is 12.2 Å². The van der Waals surface area contributed by atoms with Crippen LogP contribution < -0.4 is 10.9 Å². The van der Waals surface area contributed by atoms with Crippen LogP contribution >= 0.6 is 23.2 Å². The van der Waals surface area contributed by atoms with Gasteiger partial charge in [0.2, 0.25) is 0 Å². The Morgan fingerprint density at radius 2 is 1.61 bits per heavy atom. The van der Waals surface area contributed by atoms with Crippen LogP contribution in [0.1, 0.15) is 37.5 Å². The average molecular weight is 417 g/mol. The van der Waals surface area contributed by atoms with Crippen LogP contribution in [0.3, 0.4) is 0 Å². The van der Waals surface area contributed by atoms with Crippen molar-refractivity contribution in [3.8, 4) is 0 Å². The van der Waals surface area contributed by atoms with Crippen molar-refractivity contribution in [3.63, 3.8) is 0 Å². The van der Waals surface area contributed by atoms with Crippen LogP contribution in [0.2, 0.25) is 10.2 Å². The molecule has 0 spiro atoms. The summed E-state index contributed by atoms with van der Waals surface area (Å²) < 4.78 is 1.55. The Morgan fingerprint density at radius 1 is 0.964 bits per heavy atom. The first kappa shape index (κ1) is 19.9. The molecule has 6 nitrogen and oxygen atoms in total. The monoisotopic (exact) mass is 416 g/mol. The molecule has 0 radical (unpaired) electrons. The number of nitrogens with one attached hydrogen (secondary N) is 2. The normalized spacial score (nSPS) is 10.6. The van der Waals surface area contributed by atoms with Crippen molar-refractivity contribution < 1.29 is 9.59 Å². The summed E-state index contributed by atoms with van der Waals surface area (Å²) in [5, 5.41) is 4.82. The molecule has 0 atom stereocenters. The van der Waals surface area contributed by atoms with E-state index in [-0.39, 0.29) is 21.3 Å². The number of aryl methyl sites for hydroxylation is 2. The number of rotatable bonds is 4. The Labute approximate surface area is 172 Å². The summed E-state index contributed by atoms with van der Waals surface area (Å²) in [6, 6.07) is 14.5. The molecular weight excluding hydrogens is 399 g/mol. The summed E-state index contributed by atoms with van der Waals surface area (Å²) in [5.41, 5.74) is 7.77. The lowest BCUT2D eigenvalue weighted by molar-refractivity contribution is 0.0846. The predicted octanol–water partition coefficient (Wildman–Crippen LogP) is 3.93. The molecule has 1 heterocycles. The van der Waals surface area contributed by atoms with Gasteiger partial charge in [-0.15, -0.1) is 0 Å². The highest BCUT2D eigenvalue weighted by Crippen LogP contribution is 2.21. The molecule has 0 aliphatic rings. The maximum atomic E-state index is 12.5. The van der Waals surface area contributed by atoms with E-state index in [2.05, 4.69) is 16.0 Å². The summed E-state index contributed by atoms with van der Waals surface area (Å²) in [6.07, 6.45) is 0. The van der Waals surface area contributed by atoms with Gasteiger partial charge in [-0.05, 0) is 31.5 Å². The number of carbonyl (C=O) groups is 2. The van der Waals surface area contributed by atoms with Crippen LogP contribution in [0.5, 0.6) is 0 Å². The van der Waals surface area contributed by atoms with Crippen molar-refractivity contribution in [2.75, 3.05) is 0 Å². The first-order valence-electron chi connectivity index (χ1n) is 8.50. The average Bonchev–Trinajstić information content (AvgIpc) is 2.95. The van der Waals surface area contributed by atoms with Crippen LogP contribution in [0, 0.1) is 13.8 Å². The quantitative estimate of drug-likeness (QED) is 0.632. The summed E-state index contributed by atoms with van der Waals surface area (Å²) in [4.78, 5) is 24.7. The lowest BCUT2D eigenvalue weighted by Gasteiger charge is -2.08. The van der Waals surface area contributed by atoms with Gasteiger partial charge in [-0.2, -0.15) is 5.10 Å². The Kier molecular flexibility index (Phi) is 6.02. The lowest BCUT2D eigenvalue weighted by atomic mass is 10.1. The zero-order valence-corrected chi connectivity index (χ0v) is 16.8. The Bertz CT molecular complexity index is 1030. The number of hydrogen-bond acceptors (Lipinski definition) is 3. The van der Waals surface area contributed by atoms with E-state index >= 15 is 0 Å². The van der Waals surface area contributed by atoms with Crippen molar-refractivity contribution in [1.82, 2.24) is 20.6 Å². The highest BCUT2D eigenvalue weighted by Gasteiger charge is 2.21. The van der Waals surface area contributed by atoms with Crippen molar-refractivity contribution >= 4 is 35.0 Å². The van der Waals surface area contributed by atoms with Gasteiger partial charge in [0.1, 0.15) is 10.7 Å². The van der Waals surface area contributed by atoms with Gasteiger partial charge < -0.3 is 0 Å². The maximum absolute atomic E-state index is 12.5. The molecular formula is C20H18Cl2N4O2. The van der Waals surface area contributed by atoms with Gasteiger partial charge in [-0.1, -0.05) is 65.2 Å². The summed E-state index contributed by atoms with van der Waals surface area (Å²) in [5.74, 6) is -1.09. The summed E-state index contributed by atoms with van der Waals surface area (Å²) >= 11 is 12.4. The van der Waals surface area contributed by atoms with Crippen molar-refractivity contribution in [2.24, 2.45) is 0 Å². The molecule has 0 saturated heterocycles. The Hall–Kier alpha value is -2.83. The molecule has 2 N–H and O–H groups in total. The molecule has 0 unspecified atom stereocenters. The molecule has 8 heteroatoms. The fourth-order valence-corrected chi connectivity index (χ4v) is 3.21. The third kappa shape index (κ3) is 4.35. The third-order valence-corrected chi connectivity index (χ3v) is 4.87. The largest absolute Gasteiger partial charge is 0.274 e. The van der Waals surface area contributed by atoms with Crippen LogP contribution in [0.4, 0.5) is 0 Å². The molecule has 2 aromatic carbocycles. The minimum Gasteiger partial charge on any atom is -0.267 e. The van der Waals surface area contributed by atoms with Crippen LogP contribution in [0.15, 0.2) is 48.5 Å². The number of aromatic nitrogens is 2. The second-order valence-corrected chi connectivity index (χ2v) is 7.05. The number of halogens is 2. The molecule has 0 aliphatic heterocycles. The topological polar surface area (TPSA) is 76.0 Å². The van der Waals surface area contributed by atoms with E-state index in [1.54, 1.807) is 35.9 Å². The highest BCUT2D eigenvalue weighted by atomic mass is 35.5. The number of nitrogens with zero attached hydrogens (tertiary/aromatic N) is 2. The molecule has 144 valence electrons. The van der Waals surface area contributed by atoms with Gasteiger partial charge in [-0.25, -0.2) is 4.68 Å². The van der Waals surface area contributed by atoms with Crippen molar-refractivity contribution in [1.29, 1.82) is 0 Å². The number of amides is 2. The number of hydrazine groups is 1. The van der Waals surface area contributed by atoms with Crippen LogP contribution in [-0.4, -0.2) is 21.6 Å². The summed E-state index contributed by atoms with van der Waals surface area (Å²) in [6.45, 7) is 4.12. The fourth-order valence-electron chi connectivity index (χ4n) is 2.67. The first-order chi connectivity index (χ1) is 13.4. The van der Waals surface area contributed by atoms with E-state index in [1.807, 2.05) is 31.2 Å². The van der Waals surface area contributed by atoms with Crippen molar-refractivity contribution in [2.45, 2.75) is 20.4 Å². The lowest BCUT2D eigenvalue weighted by Crippen LogP contribution is -2.42. The molecule has 1 aromatic heterocycles. The van der Waals surface area contributed by atoms with E-state index in [9.17, 15) is 9.59 Å². The standard InChI is InChI=1S/C20H18Cl2N4O2/c1-12-7-9-14(10-8-12)11-26-18(22)17(13(2)25-26)20(28)24-23-19(27)15-5-3-4-6-16(15)21/h3-10H,11H2,1-2H3,(H,23,27)(H,24,28). The molecule has 2 amide bonds. The van der Waals surface area contributed by atoms with E-state index in [1.165, 1.54) is 0 Å². The molecule has 0 bridgehead atoms. The zero-order chi connectivity index (χ0) is 20.3. The number of carbonyl (C=O) groups excluding carboxylic acids is 2. The predicted molar refractivity (Wildman–Crippen MR) is 109 cm³/mol. The van der Waals surface area contributed by atoms with Gasteiger partial charge in [0.15, 0.2) is 0 Å².